The van der Waals surface area contributed by atoms with Crippen LogP contribution in [0.1, 0.15) is 0 Å². The molecule has 3 aromatic rings. The molecule has 5 heteroatoms. The monoisotopic (exact) mass is 308 g/mol. The number of nitrogens with zero attached hydrogens (tertiary/aromatic N) is 3. The van der Waals surface area contributed by atoms with Crippen molar-refractivity contribution in [3.8, 4) is 11.1 Å². The van der Waals surface area contributed by atoms with Crippen molar-refractivity contribution in [1.29, 1.82) is 0 Å². The van der Waals surface area contributed by atoms with Crippen LogP contribution in [-0.2, 0) is 0 Å². The molecule has 0 amide bonds. The summed E-state index contributed by atoms with van der Waals surface area (Å²) in [6.45, 7) is 3.75. The quantitative estimate of drug-likeness (QED) is 0.790. The maximum absolute atomic E-state index is 14.0. The minimum Gasteiger partial charge on any atom is -0.353 e. The molecule has 116 valence electrons. The van der Waals surface area contributed by atoms with Crippen LogP contribution < -0.4 is 10.2 Å². The van der Waals surface area contributed by atoms with E-state index in [4.69, 9.17) is 4.98 Å². The van der Waals surface area contributed by atoms with Crippen LogP contribution in [0.15, 0.2) is 48.7 Å². The van der Waals surface area contributed by atoms with E-state index in [1.54, 1.807) is 12.1 Å². The van der Waals surface area contributed by atoms with Gasteiger partial charge in [-0.05, 0) is 23.8 Å². The summed E-state index contributed by atoms with van der Waals surface area (Å²) in [5.41, 5.74) is 3.02. The first-order valence-electron chi connectivity index (χ1n) is 7.79. The maximum atomic E-state index is 14.0. The minimum atomic E-state index is -0.224. The van der Waals surface area contributed by atoms with Crippen molar-refractivity contribution in [1.82, 2.24) is 15.3 Å². The van der Waals surface area contributed by atoms with Crippen LogP contribution in [0.2, 0.25) is 0 Å². The van der Waals surface area contributed by atoms with Gasteiger partial charge < -0.3 is 10.2 Å². The number of anilines is 1. The molecule has 1 aliphatic rings. The number of halogens is 1. The summed E-state index contributed by atoms with van der Waals surface area (Å²) in [7, 11) is 0. The molecule has 2 aromatic carbocycles. The van der Waals surface area contributed by atoms with Crippen LogP contribution in [0, 0.1) is 5.82 Å². The molecule has 0 aliphatic carbocycles. The van der Waals surface area contributed by atoms with Gasteiger partial charge in [-0.2, -0.15) is 0 Å². The highest BCUT2D eigenvalue weighted by atomic mass is 19.1. The Morgan fingerprint density at radius 3 is 2.65 bits per heavy atom. The zero-order valence-corrected chi connectivity index (χ0v) is 12.7. The van der Waals surface area contributed by atoms with Crippen molar-refractivity contribution in [2.75, 3.05) is 31.1 Å². The average molecular weight is 308 g/mol. The Labute approximate surface area is 134 Å². The third-order valence-electron chi connectivity index (χ3n) is 4.16. The van der Waals surface area contributed by atoms with Crippen LogP contribution >= 0.6 is 0 Å². The molecule has 1 saturated heterocycles. The predicted octanol–water partition coefficient (Wildman–Crippen LogP) is 2.85. The first-order valence-corrected chi connectivity index (χ1v) is 7.79. The zero-order valence-electron chi connectivity index (χ0n) is 12.7. The number of aromatic nitrogens is 2. The Morgan fingerprint density at radius 1 is 1.00 bits per heavy atom. The van der Waals surface area contributed by atoms with E-state index in [0.717, 1.165) is 48.6 Å². The maximum Gasteiger partial charge on any atom is 0.147 e. The van der Waals surface area contributed by atoms with Crippen LogP contribution in [0.4, 0.5) is 10.2 Å². The third-order valence-corrected chi connectivity index (χ3v) is 4.16. The minimum absolute atomic E-state index is 0.224. The van der Waals surface area contributed by atoms with Gasteiger partial charge in [0.05, 0.1) is 17.2 Å². The van der Waals surface area contributed by atoms with Crippen LogP contribution in [0.25, 0.3) is 22.2 Å². The number of hydrogen-bond acceptors (Lipinski definition) is 4. The number of hydrogen-bond donors (Lipinski definition) is 1. The van der Waals surface area contributed by atoms with Gasteiger partial charge >= 0.3 is 0 Å². The van der Waals surface area contributed by atoms with Crippen LogP contribution in [0.3, 0.4) is 0 Å². The van der Waals surface area contributed by atoms with E-state index in [1.165, 1.54) is 6.07 Å². The summed E-state index contributed by atoms with van der Waals surface area (Å²) in [6, 6.07) is 12.5. The Morgan fingerprint density at radius 2 is 1.83 bits per heavy atom. The van der Waals surface area contributed by atoms with Gasteiger partial charge in [-0.1, -0.05) is 24.3 Å². The van der Waals surface area contributed by atoms with Crippen LogP contribution in [-0.4, -0.2) is 36.1 Å². The Kier molecular flexibility index (Phi) is 3.63. The molecule has 4 rings (SSSR count). The number of nitrogens with one attached hydrogen (secondary N) is 1. The SMILES string of the molecule is Fc1ccccc1-c1ccc2ncc(N3CCNCC3)nc2c1. The lowest BCUT2D eigenvalue weighted by Gasteiger charge is -2.28. The second kappa shape index (κ2) is 5.93. The van der Waals surface area contributed by atoms with Crippen LogP contribution in [0.5, 0.6) is 0 Å². The smallest absolute Gasteiger partial charge is 0.147 e. The molecule has 2 heterocycles. The molecule has 1 aromatic heterocycles. The predicted molar refractivity (Wildman–Crippen MR) is 90.0 cm³/mol. The summed E-state index contributed by atoms with van der Waals surface area (Å²) in [5, 5.41) is 3.33. The molecule has 23 heavy (non-hydrogen) atoms. The van der Waals surface area contributed by atoms with E-state index in [2.05, 4.69) is 15.2 Å². The molecule has 1 N–H and O–H groups in total. The summed E-state index contributed by atoms with van der Waals surface area (Å²) < 4.78 is 14.0. The highest BCUT2D eigenvalue weighted by molar-refractivity contribution is 5.82. The molecule has 0 unspecified atom stereocenters. The Hall–Kier alpha value is -2.53. The zero-order chi connectivity index (χ0) is 15.6. The van der Waals surface area contributed by atoms with Gasteiger partial charge in [-0.15, -0.1) is 0 Å². The standard InChI is InChI=1S/C18H17FN4/c19-15-4-2-1-3-14(15)13-5-6-16-17(11-13)22-18(12-21-16)23-9-7-20-8-10-23/h1-6,11-12,20H,7-10H2. The molecule has 0 saturated carbocycles. The van der Waals surface area contributed by atoms with Crippen molar-refractivity contribution in [3.63, 3.8) is 0 Å². The topological polar surface area (TPSA) is 41.1 Å². The number of rotatable bonds is 2. The molecule has 0 spiro atoms. The number of benzene rings is 2. The molecule has 0 atom stereocenters. The molecule has 4 nitrogen and oxygen atoms in total. The lowest BCUT2D eigenvalue weighted by atomic mass is 10.0. The highest BCUT2D eigenvalue weighted by Crippen LogP contribution is 2.26. The van der Waals surface area contributed by atoms with Crippen molar-refractivity contribution in [3.05, 3.63) is 54.5 Å². The molecule has 1 aliphatic heterocycles. The van der Waals surface area contributed by atoms with Gasteiger partial charge in [0.15, 0.2) is 0 Å². The lowest BCUT2D eigenvalue weighted by Crippen LogP contribution is -2.43. The fraction of sp³-hybridized carbons (Fsp3) is 0.222. The summed E-state index contributed by atoms with van der Waals surface area (Å²) >= 11 is 0. The second-order valence-corrected chi connectivity index (χ2v) is 5.65. The van der Waals surface area contributed by atoms with E-state index in [9.17, 15) is 4.39 Å². The normalized spacial score (nSPS) is 15.1. The van der Waals surface area contributed by atoms with Gasteiger partial charge in [0.25, 0.3) is 0 Å². The fourth-order valence-electron chi connectivity index (χ4n) is 2.91. The van der Waals surface area contributed by atoms with Gasteiger partial charge in [0.1, 0.15) is 11.6 Å². The second-order valence-electron chi connectivity index (χ2n) is 5.65. The van der Waals surface area contributed by atoms with Gasteiger partial charge in [-0.25, -0.2) is 9.37 Å². The van der Waals surface area contributed by atoms with Gasteiger partial charge in [0, 0.05) is 31.7 Å². The largest absolute Gasteiger partial charge is 0.353 e. The molecular formula is C18H17FN4. The van der Waals surface area contributed by atoms with E-state index >= 15 is 0 Å². The first kappa shape index (κ1) is 14.1. The lowest BCUT2D eigenvalue weighted by molar-refractivity contribution is 0.585. The van der Waals surface area contributed by atoms with E-state index < -0.39 is 0 Å². The molecule has 1 fully saturated rings. The molecule has 0 radical (unpaired) electrons. The first-order chi connectivity index (χ1) is 11.3. The van der Waals surface area contributed by atoms with Gasteiger partial charge in [0.2, 0.25) is 0 Å². The van der Waals surface area contributed by atoms with Gasteiger partial charge in [-0.3, -0.25) is 4.98 Å². The van der Waals surface area contributed by atoms with Crippen molar-refractivity contribution < 1.29 is 4.39 Å². The summed E-state index contributed by atoms with van der Waals surface area (Å²) in [5.74, 6) is 0.655. The van der Waals surface area contributed by atoms with Crippen molar-refractivity contribution in [2.24, 2.45) is 0 Å². The van der Waals surface area contributed by atoms with Crippen molar-refractivity contribution >= 4 is 16.9 Å². The molecule has 0 bridgehead atoms. The summed E-state index contributed by atoms with van der Waals surface area (Å²) in [6.07, 6.45) is 1.82. The number of fused-ring (bicyclic) bond motifs is 1. The van der Waals surface area contributed by atoms with E-state index in [1.807, 2.05) is 30.5 Å². The molecular weight excluding hydrogens is 291 g/mol. The van der Waals surface area contributed by atoms with E-state index in [0.29, 0.717) is 5.56 Å². The number of piperazine rings is 1. The fourth-order valence-corrected chi connectivity index (χ4v) is 2.91. The average Bonchev–Trinajstić information content (AvgIpc) is 2.62. The van der Waals surface area contributed by atoms with E-state index in [-0.39, 0.29) is 5.82 Å². The summed E-state index contributed by atoms with van der Waals surface area (Å²) in [4.78, 5) is 11.4. The Balaban J connectivity index is 1.76. The third kappa shape index (κ3) is 2.75. The van der Waals surface area contributed by atoms with Crippen molar-refractivity contribution in [2.45, 2.75) is 0 Å². The highest BCUT2D eigenvalue weighted by Gasteiger charge is 2.13. The Bertz CT molecular complexity index is 843.